The van der Waals surface area contributed by atoms with Gasteiger partial charge in [-0.15, -0.1) is 11.3 Å². The van der Waals surface area contributed by atoms with Crippen LogP contribution in [0.4, 0.5) is 5.00 Å². The lowest BCUT2D eigenvalue weighted by Crippen LogP contribution is -2.29. The number of carbonyl (C=O) groups is 3. The van der Waals surface area contributed by atoms with E-state index in [0.717, 1.165) is 5.56 Å². The van der Waals surface area contributed by atoms with Crippen molar-refractivity contribution in [3.8, 4) is 5.75 Å². The van der Waals surface area contributed by atoms with Gasteiger partial charge in [0.1, 0.15) is 5.75 Å². The number of ketones is 1. The number of hydrogen-bond acceptors (Lipinski definition) is 6. The smallest absolute Gasteiger partial charge is 0.302 e. The largest absolute Gasteiger partial charge is 0.479 e. The van der Waals surface area contributed by atoms with Crippen LogP contribution in [0.5, 0.6) is 5.75 Å². The molecule has 1 unspecified atom stereocenters. The summed E-state index contributed by atoms with van der Waals surface area (Å²) in [6.07, 6.45) is -0.753. The summed E-state index contributed by atoms with van der Waals surface area (Å²) in [6, 6.07) is 6.55. The second kappa shape index (κ2) is 11.8. The zero-order chi connectivity index (χ0) is 22.1. The van der Waals surface area contributed by atoms with Crippen LogP contribution in [0.3, 0.4) is 0 Å². The number of hydrogen-bond donors (Lipinski definition) is 1. The summed E-state index contributed by atoms with van der Waals surface area (Å²) in [7, 11) is 0. The van der Waals surface area contributed by atoms with Crippen LogP contribution in [0, 0.1) is 6.92 Å². The van der Waals surface area contributed by atoms with Crippen LogP contribution < -0.4 is 10.1 Å². The third-order valence-corrected chi connectivity index (χ3v) is 5.18. The van der Waals surface area contributed by atoms with Crippen molar-refractivity contribution < 1.29 is 23.9 Å². The van der Waals surface area contributed by atoms with Crippen LogP contribution in [0.2, 0.25) is 10.0 Å². The third-order valence-electron chi connectivity index (χ3n) is 3.40. The molecule has 29 heavy (non-hydrogen) atoms. The van der Waals surface area contributed by atoms with Crippen molar-refractivity contribution in [2.24, 2.45) is 0 Å². The summed E-state index contributed by atoms with van der Waals surface area (Å²) in [6.45, 7) is 8.60. The van der Waals surface area contributed by atoms with E-state index in [4.69, 9.17) is 27.9 Å². The van der Waals surface area contributed by atoms with Gasteiger partial charge in [-0.3, -0.25) is 14.4 Å². The average Bonchev–Trinajstić information content (AvgIpc) is 2.98. The lowest BCUT2D eigenvalue weighted by molar-refractivity contribution is -0.140. The highest BCUT2D eigenvalue weighted by Crippen LogP contribution is 2.29. The lowest BCUT2D eigenvalue weighted by atomic mass is 10.2. The zero-order valence-corrected chi connectivity index (χ0v) is 19.1. The van der Waals surface area contributed by atoms with Crippen molar-refractivity contribution in [1.29, 1.82) is 0 Å². The van der Waals surface area contributed by atoms with Crippen molar-refractivity contribution in [2.75, 3.05) is 11.9 Å². The molecule has 9 heteroatoms. The number of carbonyl (C=O) groups excluding carboxylic acids is 3. The summed E-state index contributed by atoms with van der Waals surface area (Å²) < 4.78 is 9.96. The van der Waals surface area contributed by atoms with E-state index < -0.39 is 6.10 Å². The summed E-state index contributed by atoms with van der Waals surface area (Å²) in [5.41, 5.74) is 0.840. The Balaban J connectivity index is 0.000000612. The van der Waals surface area contributed by atoms with Gasteiger partial charge in [0, 0.05) is 11.9 Å². The van der Waals surface area contributed by atoms with E-state index >= 15 is 0 Å². The Kier molecular flexibility index (Phi) is 10.2. The van der Waals surface area contributed by atoms with Gasteiger partial charge < -0.3 is 14.8 Å². The maximum absolute atomic E-state index is 12.2. The Labute approximate surface area is 184 Å². The van der Waals surface area contributed by atoms with Gasteiger partial charge in [0.15, 0.2) is 11.9 Å². The predicted molar refractivity (Wildman–Crippen MR) is 117 cm³/mol. The molecule has 1 N–H and O–H groups in total. The van der Waals surface area contributed by atoms with E-state index in [0.29, 0.717) is 32.3 Å². The van der Waals surface area contributed by atoms with E-state index in [-0.39, 0.29) is 17.7 Å². The number of aryl methyl sites for hydroxylation is 1. The van der Waals surface area contributed by atoms with Gasteiger partial charge in [0.25, 0.3) is 5.91 Å². The van der Waals surface area contributed by atoms with Crippen molar-refractivity contribution in [3.05, 3.63) is 44.8 Å². The molecule has 2 rings (SSSR count). The standard InChI is InChI=1S/C16H15Cl2NO3S.C4H8O2/c1-8-6-14(23-15(8)9(2)20)19-16(21)10(3)22-13-5-4-11(17)7-12(13)18;1-3-6-4(2)5/h4-7,10H,1-3H3,(H,19,21);3H2,1-2H3. The molecule has 0 saturated heterocycles. The minimum Gasteiger partial charge on any atom is -0.479 e. The molecule has 1 heterocycles. The minimum absolute atomic E-state index is 0.0229. The summed E-state index contributed by atoms with van der Waals surface area (Å²) in [5, 5.41) is 4.18. The number of thiophene rings is 1. The fraction of sp³-hybridized carbons (Fsp3) is 0.350. The molecule has 0 aliphatic carbocycles. The van der Waals surface area contributed by atoms with Crippen molar-refractivity contribution in [2.45, 2.75) is 40.7 Å². The molecule has 1 aromatic carbocycles. The van der Waals surface area contributed by atoms with Crippen LogP contribution in [-0.2, 0) is 14.3 Å². The number of ether oxygens (including phenoxy) is 2. The molecule has 0 saturated carbocycles. The molecule has 2 aromatic rings. The van der Waals surface area contributed by atoms with E-state index in [2.05, 4.69) is 10.1 Å². The monoisotopic (exact) mass is 459 g/mol. The number of esters is 1. The molecule has 0 aliphatic rings. The SMILES string of the molecule is CC(=O)c1sc(NC(=O)C(C)Oc2ccc(Cl)cc2Cl)cc1C.CCOC(C)=O. The number of Topliss-reactive ketones (excluding diaryl/α,β-unsaturated/α-hetero) is 1. The number of amides is 1. The minimum atomic E-state index is -0.753. The van der Waals surface area contributed by atoms with Gasteiger partial charge >= 0.3 is 5.97 Å². The first-order chi connectivity index (χ1) is 13.5. The third kappa shape index (κ3) is 8.43. The molecule has 158 valence electrons. The zero-order valence-electron chi connectivity index (χ0n) is 16.8. The van der Waals surface area contributed by atoms with Crippen LogP contribution in [0.1, 0.15) is 42.9 Å². The molecular weight excluding hydrogens is 437 g/mol. The van der Waals surface area contributed by atoms with Crippen LogP contribution in [0.15, 0.2) is 24.3 Å². The van der Waals surface area contributed by atoms with Crippen molar-refractivity contribution in [3.63, 3.8) is 0 Å². The first kappa shape index (κ1) is 24.9. The first-order valence-corrected chi connectivity index (χ1v) is 10.3. The molecule has 0 radical (unpaired) electrons. The molecule has 1 amide bonds. The highest BCUT2D eigenvalue weighted by Gasteiger charge is 2.18. The molecule has 0 spiro atoms. The Morgan fingerprint density at radius 3 is 2.28 bits per heavy atom. The van der Waals surface area contributed by atoms with E-state index in [9.17, 15) is 14.4 Å². The fourth-order valence-corrected chi connectivity index (χ4v) is 3.56. The first-order valence-electron chi connectivity index (χ1n) is 8.72. The Morgan fingerprint density at radius 2 is 1.83 bits per heavy atom. The molecule has 6 nitrogen and oxygen atoms in total. The maximum Gasteiger partial charge on any atom is 0.302 e. The van der Waals surface area contributed by atoms with Crippen LogP contribution in [0.25, 0.3) is 0 Å². The van der Waals surface area contributed by atoms with Crippen molar-refractivity contribution >= 4 is 57.2 Å². The number of nitrogens with one attached hydrogen (secondary N) is 1. The van der Waals surface area contributed by atoms with Crippen LogP contribution in [-0.4, -0.2) is 30.4 Å². The van der Waals surface area contributed by atoms with E-state index in [1.165, 1.54) is 25.2 Å². The molecule has 0 fully saturated rings. The lowest BCUT2D eigenvalue weighted by Gasteiger charge is -2.15. The summed E-state index contributed by atoms with van der Waals surface area (Å²) in [5.74, 6) is -0.180. The highest BCUT2D eigenvalue weighted by molar-refractivity contribution is 7.18. The van der Waals surface area contributed by atoms with Gasteiger partial charge in [-0.1, -0.05) is 23.2 Å². The second-order valence-corrected chi connectivity index (χ2v) is 7.82. The molecule has 0 bridgehead atoms. The normalized spacial score (nSPS) is 11.0. The Bertz CT molecular complexity index is 882. The van der Waals surface area contributed by atoms with Gasteiger partial charge in [-0.05, 0) is 57.5 Å². The van der Waals surface area contributed by atoms with Crippen molar-refractivity contribution in [1.82, 2.24) is 0 Å². The summed E-state index contributed by atoms with van der Waals surface area (Å²) in [4.78, 5) is 34.1. The average molecular weight is 460 g/mol. The molecule has 0 aliphatic heterocycles. The number of halogens is 2. The quantitative estimate of drug-likeness (QED) is 0.452. The number of benzene rings is 1. The van der Waals surface area contributed by atoms with Gasteiger partial charge in [-0.2, -0.15) is 0 Å². The van der Waals surface area contributed by atoms with Gasteiger partial charge in [0.05, 0.1) is 21.5 Å². The highest BCUT2D eigenvalue weighted by atomic mass is 35.5. The fourth-order valence-electron chi connectivity index (χ4n) is 2.13. The molecular formula is C20H23Cl2NO5S. The predicted octanol–water partition coefficient (Wildman–Crippen LogP) is 5.54. The number of anilines is 1. The Hall–Kier alpha value is -2.09. The maximum atomic E-state index is 12.2. The van der Waals surface area contributed by atoms with Crippen LogP contribution >= 0.6 is 34.5 Å². The van der Waals surface area contributed by atoms with E-state index in [1.54, 1.807) is 38.1 Å². The van der Waals surface area contributed by atoms with Gasteiger partial charge in [0.2, 0.25) is 0 Å². The topological polar surface area (TPSA) is 81.7 Å². The van der Waals surface area contributed by atoms with Gasteiger partial charge in [-0.25, -0.2) is 0 Å². The number of rotatable bonds is 6. The summed E-state index contributed by atoms with van der Waals surface area (Å²) >= 11 is 13.1. The molecule has 1 atom stereocenters. The Morgan fingerprint density at radius 1 is 1.17 bits per heavy atom. The second-order valence-electron chi connectivity index (χ2n) is 5.93. The molecule has 1 aromatic heterocycles. The van der Waals surface area contributed by atoms with E-state index in [1.807, 2.05) is 6.92 Å².